The molecule has 2 aromatic rings. The van der Waals surface area contributed by atoms with Crippen LogP contribution in [0.5, 0.6) is 0 Å². The summed E-state index contributed by atoms with van der Waals surface area (Å²) in [5.74, 6) is -0.456. The molecule has 1 aromatic heterocycles. The number of nitrogens with zero attached hydrogens (tertiary/aromatic N) is 1. The van der Waals surface area contributed by atoms with E-state index < -0.39 is 18.9 Å². The Morgan fingerprint density at radius 2 is 2.11 bits per heavy atom. The summed E-state index contributed by atoms with van der Waals surface area (Å²) in [6.45, 7) is -0.701. The van der Waals surface area contributed by atoms with Gasteiger partial charge < -0.3 is 11.1 Å². The van der Waals surface area contributed by atoms with E-state index in [0.29, 0.717) is 0 Å². The molecule has 0 spiro atoms. The smallest absolute Gasteiger partial charge is 0.270 e. The zero-order chi connectivity index (χ0) is 13.1. The average molecular weight is 251 g/mol. The van der Waals surface area contributed by atoms with Crippen molar-refractivity contribution < 1.29 is 13.6 Å². The highest BCUT2D eigenvalue weighted by atomic mass is 19.3. The number of rotatable bonds is 3. The zero-order valence-electron chi connectivity index (χ0n) is 9.36. The van der Waals surface area contributed by atoms with Crippen molar-refractivity contribution in [3.63, 3.8) is 0 Å². The summed E-state index contributed by atoms with van der Waals surface area (Å²) >= 11 is 0. The quantitative estimate of drug-likeness (QED) is 0.874. The number of pyridine rings is 1. The van der Waals surface area contributed by atoms with Crippen molar-refractivity contribution in [3.8, 4) is 0 Å². The number of hydrogen-bond donors (Lipinski definition) is 2. The number of anilines is 1. The molecule has 18 heavy (non-hydrogen) atoms. The van der Waals surface area contributed by atoms with Gasteiger partial charge in [-0.05, 0) is 11.5 Å². The molecule has 0 saturated carbocycles. The first-order chi connectivity index (χ1) is 8.58. The lowest BCUT2D eigenvalue weighted by atomic mass is 10.1. The van der Waals surface area contributed by atoms with Gasteiger partial charge in [-0.1, -0.05) is 24.3 Å². The minimum atomic E-state index is -2.59. The van der Waals surface area contributed by atoms with E-state index >= 15 is 0 Å². The molecule has 2 rings (SSSR count). The van der Waals surface area contributed by atoms with Crippen molar-refractivity contribution in [2.24, 2.45) is 0 Å². The molecular weight excluding hydrogens is 240 g/mol. The summed E-state index contributed by atoms with van der Waals surface area (Å²) in [4.78, 5) is 15.5. The van der Waals surface area contributed by atoms with Gasteiger partial charge in [-0.3, -0.25) is 4.79 Å². The van der Waals surface area contributed by atoms with E-state index in [1.807, 2.05) is 0 Å². The molecule has 0 aliphatic heterocycles. The third kappa shape index (κ3) is 2.53. The van der Waals surface area contributed by atoms with Crippen LogP contribution in [0.25, 0.3) is 10.8 Å². The van der Waals surface area contributed by atoms with Gasteiger partial charge in [0.15, 0.2) is 0 Å². The average Bonchev–Trinajstić information content (AvgIpc) is 2.36. The van der Waals surface area contributed by atoms with E-state index in [1.54, 1.807) is 24.3 Å². The topological polar surface area (TPSA) is 68.0 Å². The second-order valence-corrected chi connectivity index (χ2v) is 3.71. The third-order valence-corrected chi connectivity index (χ3v) is 2.42. The Labute approximate surface area is 102 Å². The number of halogens is 2. The first-order valence-corrected chi connectivity index (χ1v) is 5.29. The molecule has 1 heterocycles. The van der Waals surface area contributed by atoms with Gasteiger partial charge in [0, 0.05) is 5.39 Å². The molecule has 1 aromatic carbocycles. The van der Waals surface area contributed by atoms with Crippen LogP contribution in [0.15, 0.2) is 30.3 Å². The zero-order valence-corrected chi connectivity index (χ0v) is 9.36. The molecule has 0 fully saturated rings. The molecule has 0 radical (unpaired) electrons. The van der Waals surface area contributed by atoms with Crippen molar-refractivity contribution in [1.29, 1.82) is 0 Å². The van der Waals surface area contributed by atoms with Crippen molar-refractivity contribution in [3.05, 3.63) is 36.0 Å². The molecule has 4 nitrogen and oxygen atoms in total. The van der Waals surface area contributed by atoms with Crippen LogP contribution in [0.3, 0.4) is 0 Å². The Kier molecular flexibility index (Phi) is 3.36. The number of nitrogens with one attached hydrogen (secondary N) is 1. The van der Waals surface area contributed by atoms with Gasteiger partial charge in [-0.15, -0.1) is 0 Å². The summed E-state index contributed by atoms with van der Waals surface area (Å²) in [5.41, 5.74) is 5.75. The summed E-state index contributed by atoms with van der Waals surface area (Å²) in [6, 6.07) is 8.67. The van der Waals surface area contributed by atoms with Gasteiger partial charge >= 0.3 is 0 Å². The van der Waals surface area contributed by atoms with Crippen LogP contribution in [-0.2, 0) is 0 Å². The Balaban J connectivity index is 2.31. The van der Waals surface area contributed by atoms with Crippen molar-refractivity contribution >= 4 is 22.5 Å². The molecule has 0 aliphatic carbocycles. The molecule has 0 aliphatic rings. The highest BCUT2D eigenvalue weighted by molar-refractivity contribution is 5.99. The Morgan fingerprint density at radius 1 is 1.39 bits per heavy atom. The SMILES string of the molecule is Nc1nc(C(=O)NCC(F)F)cc2ccccc12. The molecule has 0 saturated heterocycles. The predicted octanol–water partition coefficient (Wildman–Crippen LogP) is 1.81. The van der Waals surface area contributed by atoms with Crippen LogP contribution >= 0.6 is 0 Å². The number of alkyl halides is 2. The maximum absolute atomic E-state index is 12.0. The largest absolute Gasteiger partial charge is 0.383 e. The molecule has 3 N–H and O–H groups in total. The molecule has 1 amide bonds. The minimum absolute atomic E-state index is 0.0341. The fourth-order valence-corrected chi connectivity index (χ4v) is 1.60. The van der Waals surface area contributed by atoms with E-state index in [2.05, 4.69) is 10.3 Å². The van der Waals surface area contributed by atoms with Gasteiger partial charge in [-0.2, -0.15) is 0 Å². The minimum Gasteiger partial charge on any atom is -0.383 e. The van der Waals surface area contributed by atoms with Crippen molar-refractivity contribution in [1.82, 2.24) is 10.3 Å². The molecule has 0 bridgehead atoms. The monoisotopic (exact) mass is 251 g/mol. The number of fused-ring (bicyclic) bond motifs is 1. The van der Waals surface area contributed by atoms with Gasteiger partial charge in [0.2, 0.25) is 0 Å². The predicted molar refractivity (Wildman–Crippen MR) is 64.5 cm³/mol. The summed E-state index contributed by atoms with van der Waals surface area (Å²) in [6.07, 6.45) is -2.59. The highest BCUT2D eigenvalue weighted by Gasteiger charge is 2.12. The molecule has 0 unspecified atom stereocenters. The van der Waals surface area contributed by atoms with Gasteiger partial charge in [-0.25, -0.2) is 13.8 Å². The normalized spacial score (nSPS) is 10.8. The Hall–Kier alpha value is -2.24. The molecule has 6 heteroatoms. The van der Waals surface area contributed by atoms with Crippen LogP contribution < -0.4 is 11.1 Å². The van der Waals surface area contributed by atoms with E-state index in [0.717, 1.165) is 10.8 Å². The molecule has 94 valence electrons. The van der Waals surface area contributed by atoms with Crippen LogP contribution in [0, 0.1) is 0 Å². The van der Waals surface area contributed by atoms with Crippen LogP contribution in [0.1, 0.15) is 10.5 Å². The second-order valence-electron chi connectivity index (χ2n) is 3.71. The first kappa shape index (κ1) is 12.2. The maximum Gasteiger partial charge on any atom is 0.270 e. The maximum atomic E-state index is 12.0. The summed E-state index contributed by atoms with van der Waals surface area (Å²) < 4.78 is 24.0. The Morgan fingerprint density at radius 3 is 2.83 bits per heavy atom. The fourth-order valence-electron chi connectivity index (χ4n) is 1.60. The number of nitrogen functional groups attached to an aromatic ring is 1. The standard InChI is InChI=1S/C12H11F2N3O/c13-10(14)6-16-12(18)9-5-7-3-1-2-4-8(7)11(15)17-9/h1-5,10H,6H2,(H2,15,17)(H,16,18). The molecular formula is C12H11F2N3O. The number of aromatic nitrogens is 1. The Bertz CT molecular complexity index is 587. The molecule has 0 atom stereocenters. The first-order valence-electron chi connectivity index (χ1n) is 5.29. The van der Waals surface area contributed by atoms with E-state index in [9.17, 15) is 13.6 Å². The number of nitrogens with two attached hydrogens (primary N) is 1. The van der Waals surface area contributed by atoms with Gasteiger partial charge in [0.05, 0.1) is 6.54 Å². The van der Waals surface area contributed by atoms with Crippen LogP contribution in [0.2, 0.25) is 0 Å². The van der Waals surface area contributed by atoms with Crippen LogP contribution in [-0.4, -0.2) is 23.9 Å². The lowest BCUT2D eigenvalue weighted by Crippen LogP contribution is -2.29. The number of hydrogen-bond acceptors (Lipinski definition) is 3. The summed E-state index contributed by atoms with van der Waals surface area (Å²) in [7, 11) is 0. The fraction of sp³-hybridized carbons (Fsp3) is 0.167. The lowest BCUT2D eigenvalue weighted by Gasteiger charge is -2.07. The lowest BCUT2D eigenvalue weighted by molar-refractivity contribution is 0.0887. The highest BCUT2D eigenvalue weighted by Crippen LogP contribution is 2.19. The van der Waals surface area contributed by atoms with Gasteiger partial charge in [0.1, 0.15) is 11.5 Å². The second kappa shape index (κ2) is 4.95. The number of amides is 1. The van der Waals surface area contributed by atoms with E-state index in [-0.39, 0.29) is 11.5 Å². The van der Waals surface area contributed by atoms with E-state index in [4.69, 9.17) is 5.73 Å². The van der Waals surface area contributed by atoms with Crippen molar-refractivity contribution in [2.45, 2.75) is 6.43 Å². The third-order valence-electron chi connectivity index (χ3n) is 2.42. The van der Waals surface area contributed by atoms with Crippen LogP contribution in [0.4, 0.5) is 14.6 Å². The van der Waals surface area contributed by atoms with Crippen molar-refractivity contribution in [2.75, 3.05) is 12.3 Å². The number of carbonyl (C=O) groups is 1. The van der Waals surface area contributed by atoms with Gasteiger partial charge in [0.25, 0.3) is 12.3 Å². The number of carbonyl (C=O) groups excluding carboxylic acids is 1. The summed E-state index contributed by atoms with van der Waals surface area (Å²) in [5, 5.41) is 3.55. The number of benzene rings is 1. The van der Waals surface area contributed by atoms with E-state index in [1.165, 1.54) is 6.07 Å².